The first-order chi connectivity index (χ1) is 9.33. The van der Waals surface area contributed by atoms with Crippen LogP contribution in [0.4, 0.5) is 0 Å². The molecular weight excluding hydrogens is 246 g/mol. The highest BCUT2D eigenvalue weighted by molar-refractivity contribution is 5.09. The van der Waals surface area contributed by atoms with Crippen LogP contribution in [0.5, 0.6) is 0 Å². The number of aromatic nitrogens is 1. The van der Waals surface area contributed by atoms with Gasteiger partial charge in [-0.05, 0) is 64.4 Å². The summed E-state index contributed by atoms with van der Waals surface area (Å²) in [5, 5.41) is 3.61. The number of rotatable bonds is 7. The molecule has 1 rings (SSSR count). The molecule has 0 amide bonds. The van der Waals surface area contributed by atoms with Crippen molar-refractivity contribution in [3.8, 4) is 0 Å². The average Bonchev–Trinajstić information content (AvgIpc) is 2.41. The molecule has 0 saturated carbocycles. The van der Waals surface area contributed by atoms with Crippen LogP contribution in [0.1, 0.15) is 47.1 Å². The van der Waals surface area contributed by atoms with Crippen molar-refractivity contribution in [1.82, 2.24) is 15.2 Å². The molecule has 0 fully saturated rings. The van der Waals surface area contributed by atoms with Gasteiger partial charge in [0.05, 0.1) is 0 Å². The molecule has 114 valence electrons. The quantitative estimate of drug-likeness (QED) is 0.828. The van der Waals surface area contributed by atoms with Crippen LogP contribution in [-0.4, -0.2) is 34.6 Å². The molecule has 0 bridgehead atoms. The van der Waals surface area contributed by atoms with Gasteiger partial charge in [-0.3, -0.25) is 9.88 Å². The highest BCUT2D eigenvalue weighted by atomic mass is 15.2. The van der Waals surface area contributed by atoms with Crippen LogP contribution in [0.15, 0.2) is 24.5 Å². The fourth-order valence-corrected chi connectivity index (χ4v) is 2.26. The molecule has 2 unspecified atom stereocenters. The zero-order chi connectivity index (χ0) is 15.2. The van der Waals surface area contributed by atoms with E-state index in [0.717, 1.165) is 19.6 Å². The van der Waals surface area contributed by atoms with Crippen molar-refractivity contribution in [3.63, 3.8) is 0 Å². The third-order valence-corrected chi connectivity index (χ3v) is 3.90. The molecule has 1 N–H and O–H groups in total. The second kappa shape index (κ2) is 7.75. The number of nitrogens with one attached hydrogen (secondary N) is 1. The van der Waals surface area contributed by atoms with Crippen LogP contribution < -0.4 is 5.32 Å². The second-order valence-electron chi connectivity index (χ2n) is 6.77. The molecule has 3 heteroatoms. The highest BCUT2D eigenvalue weighted by Gasteiger charge is 2.20. The van der Waals surface area contributed by atoms with E-state index in [-0.39, 0.29) is 5.54 Å². The normalized spacial score (nSPS) is 15.3. The summed E-state index contributed by atoms with van der Waals surface area (Å²) in [6.07, 6.45) is 3.75. The van der Waals surface area contributed by atoms with E-state index in [1.807, 2.05) is 12.4 Å². The summed E-state index contributed by atoms with van der Waals surface area (Å²) in [7, 11) is 0. The minimum atomic E-state index is 0.191. The van der Waals surface area contributed by atoms with E-state index in [1.54, 1.807) is 0 Å². The van der Waals surface area contributed by atoms with Crippen LogP contribution in [-0.2, 0) is 6.54 Å². The maximum atomic E-state index is 4.09. The van der Waals surface area contributed by atoms with Crippen LogP contribution >= 0.6 is 0 Å². The molecular formula is C17H31N3. The maximum absolute atomic E-state index is 4.09. The Bertz CT molecular complexity index is 370. The molecule has 3 nitrogen and oxygen atoms in total. The zero-order valence-corrected chi connectivity index (χ0v) is 14.0. The molecule has 20 heavy (non-hydrogen) atoms. The van der Waals surface area contributed by atoms with E-state index in [0.29, 0.717) is 12.0 Å². The summed E-state index contributed by atoms with van der Waals surface area (Å²) in [6, 6.07) is 4.77. The molecule has 2 atom stereocenters. The highest BCUT2D eigenvalue weighted by Crippen LogP contribution is 2.15. The third kappa shape index (κ3) is 6.02. The predicted octanol–water partition coefficient (Wildman–Crippen LogP) is 3.32. The molecule has 0 aliphatic carbocycles. The second-order valence-corrected chi connectivity index (χ2v) is 6.77. The Balaban J connectivity index is 2.55. The standard InChI is InChI=1S/C17H31N3/c1-7-20(13-16-8-10-18-11-9-16)15(3)14(2)12-19-17(4,5)6/h8-11,14-15,19H,7,12-13H2,1-6H3. The van der Waals surface area contributed by atoms with Crippen molar-refractivity contribution in [1.29, 1.82) is 0 Å². The van der Waals surface area contributed by atoms with E-state index in [2.05, 4.69) is 68.9 Å². The van der Waals surface area contributed by atoms with Crippen LogP contribution in [0.25, 0.3) is 0 Å². The van der Waals surface area contributed by atoms with Gasteiger partial charge in [0.15, 0.2) is 0 Å². The number of hydrogen-bond donors (Lipinski definition) is 1. The van der Waals surface area contributed by atoms with E-state index >= 15 is 0 Å². The molecule has 1 aromatic heterocycles. The largest absolute Gasteiger partial charge is 0.312 e. The van der Waals surface area contributed by atoms with Crippen LogP contribution in [0.2, 0.25) is 0 Å². The molecule has 1 aromatic rings. The van der Waals surface area contributed by atoms with Crippen molar-refractivity contribution in [2.24, 2.45) is 5.92 Å². The van der Waals surface area contributed by atoms with E-state index in [9.17, 15) is 0 Å². The van der Waals surface area contributed by atoms with Crippen molar-refractivity contribution in [2.45, 2.75) is 59.7 Å². The Morgan fingerprint density at radius 2 is 1.80 bits per heavy atom. The lowest BCUT2D eigenvalue weighted by Gasteiger charge is -2.34. The molecule has 0 radical (unpaired) electrons. The zero-order valence-electron chi connectivity index (χ0n) is 14.0. The van der Waals surface area contributed by atoms with Gasteiger partial charge in [0.25, 0.3) is 0 Å². The van der Waals surface area contributed by atoms with Crippen molar-refractivity contribution in [3.05, 3.63) is 30.1 Å². The Morgan fingerprint density at radius 3 is 2.30 bits per heavy atom. The van der Waals surface area contributed by atoms with Gasteiger partial charge in [0.2, 0.25) is 0 Å². The van der Waals surface area contributed by atoms with Gasteiger partial charge in [-0.2, -0.15) is 0 Å². The fourth-order valence-electron chi connectivity index (χ4n) is 2.26. The molecule has 0 saturated heterocycles. The van der Waals surface area contributed by atoms with Crippen molar-refractivity contribution >= 4 is 0 Å². The van der Waals surface area contributed by atoms with Crippen molar-refractivity contribution in [2.75, 3.05) is 13.1 Å². The minimum Gasteiger partial charge on any atom is -0.312 e. The topological polar surface area (TPSA) is 28.2 Å². The summed E-state index contributed by atoms with van der Waals surface area (Å²) in [4.78, 5) is 6.62. The summed E-state index contributed by atoms with van der Waals surface area (Å²) in [5.74, 6) is 0.621. The Kier molecular flexibility index (Phi) is 6.63. The molecule has 0 spiro atoms. The Morgan fingerprint density at radius 1 is 1.20 bits per heavy atom. The van der Waals surface area contributed by atoms with Gasteiger partial charge < -0.3 is 5.32 Å². The average molecular weight is 277 g/mol. The van der Waals surface area contributed by atoms with E-state index in [1.165, 1.54) is 5.56 Å². The Hall–Kier alpha value is -0.930. The van der Waals surface area contributed by atoms with Gasteiger partial charge in [-0.15, -0.1) is 0 Å². The molecule has 0 aliphatic rings. The summed E-state index contributed by atoms with van der Waals surface area (Å²) in [5.41, 5.74) is 1.53. The van der Waals surface area contributed by atoms with Gasteiger partial charge >= 0.3 is 0 Å². The first-order valence-corrected chi connectivity index (χ1v) is 7.71. The lowest BCUT2D eigenvalue weighted by atomic mass is 9.99. The minimum absolute atomic E-state index is 0.191. The maximum Gasteiger partial charge on any atom is 0.0271 e. The predicted molar refractivity (Wildman–Crippen MR) is 86.7 cm³/mol. The Labute approximate surface area is 124 Å². The fraction of sp³-hybridized carbons (Fsp3) is 0.706. The van der Waals surface area contributed by atoms with Crippen LogP contribution in [0.3, 0.4) is 0 Å². The first kappa shape index (κ1) is 17.1. The summed E-state index contributed by atoms with van der Waals surface area (Å²) < 4.78 is 0. The van der Waals surface area contributed by atoms with Crippen molar-refractivity contribution < 1.29 is 0 Å². The summed E-state index contributed by atoms with van der Waals surface area (Å²) >= 11 is 0. The number of hydrogen-bond acceptors (Lipinski definition) is 3. The van der Waals surface area contributed by atoms with E-state index < -0.39 is 0 Å². The monoisotopic (exact) mass is 277 g/mol. The van der Waals surface area contributed by atoms with Gasteiger partial charge in [-0.25, -0.2) is 0 Å². The molecule has 1 heterocycles. The number of nitrogens with zero attached hydrogens (tertiary/aromatic N) is 2. The van der Waals surface area contributed by atoms with Gasteiger partial charge in [0, 0.05) is 30.5 Å². The van der Waals surface area contributed by atoms with Crippen LogP contribution in [0, 0.1) is 5.92 Å². The first-order valence-electron chi connectivity index (χ1n) is 7.71. The third-order valence-electron chi connectivity index (χ3n) is 3.90. The lowest BCUT2D eigenvalue weighted by Crippen LogP contribution is -2.45. The smallest absolute Gasteiger partial charge is 0.0271 e. The molecule has 0 aliphatic heterocycles. The van der Waals surface area contributed by atoms with Gasteiger partial charge in [0.1, 0.15) is 0 Å². The lowest BCUT2D eigenvalue weighted by molar-refractivity contribution is 0.154. The summed E-state index contributed by atoms with van der Waals surface area (Å²) in [6.45, 7) is 16.7. The molecule has 0 aromatic carbocycles. The number of pyridine rings is 1. The van der Waals surface area contributed by atoms with Gasteiger partial charge in [-0.1, -0.05) is 13.8 Å². The van der Waals surface area contributed by atoms with E-state index in [4.69, 9.17) is 0 Å². The SMILES string of the molecule is CCN(Cc1ccncc1)C(C)C(C)CNC(C)(C)C.